The van der Waals surface area contributed by atoms with E-state index in [2.05, 4.69) is 15.6 Å². The molecule has 6 nitrogen and oxygen atoms in total. The normalized spacial score (nSPS) is 20.5. The van der Waals surface area contributed by atoms with Crippen LogP contribution in [0.15, 0.2) is 30.5 Å². The van der Waals surface area contributed by atoms with Gasteiger partial charge in [-0.05, 0) is 49.6 Å². The first-order chi connectivity index (χ1) is 14.4. The fourth-order valence-corrected chi connectivity index (χ4v) is 4.21. The summed E-state index contributed by atoms with van der Waals surface area (Å²) in [6.45, 7) is 3.11. The molecule has 2 aliphatic rings. The summed E-state index contributed by atoms with van der Waals surface area (Å²) in [4.78, 5) is 18.1. The van der Waals surface area contributed by atoms with Crippen molar-refractivity contribution in [2.24, 2.45) is 0 Å². The third kappa shape index (κ3) is 3.89. The molecule has 0 saturated carbocycles. The monoisotopic (exact) mass is 416 g/mol. The Labute approximate surface area is 174 Å². The van der Waals surface area contributed by atoms with Gasteiger partial charge in [-0.2, -0.15) is 4.39 Å². The molecule has 1 unspecified atom stereocenters. The summed E-state index contributed by atoms with van der Waals surface area (Å²) in [5.74, 6) is -1.84. The van der Waals surface area contributed by atoms with E-state index in [1.165, 1.54) is 29.3 Å². The Kier molecular flexibility index (Phi) is 5.71. The first-order valence-corrected chi connectivity index (χ1v) is 10.4. The molecule has 1 atom stereocenters. The molecule has 2 saturated heterocycles. The van der Waals surface area contributed by atoms with Crippen LogP contribution in [0.2, 0.25) is 0 Å². The number of β-amino-alcohol motifs (C(OH)–C–C–N with tert-alkyl or cyclic N) is 1. The number of piperidine rings is 1. The lowest BCUT2D eigenvalue weighted by Gasteiger charge is -2.51. The maximum absolute atomic E-state index is 14.5. The van der Waals surface area contributed by atoms with Gasteiger partial charge in [0.1, 0.15) is 17.1 Å². The van der Waals surface area contributed by atoms with Crippen molar-refractivity contribution in [2.75, 3.05) is 25.0 Å². The number of rotatable bonds is 5. The molecule has 2 aromatic rings. The fraction of sp³-hybridized carbons (Fsp3) is 0.455. The van der Waals surface area contributed by atoms with Crippen molar-refractivity contribution in [3.8, 4) is 0 Å². The molecule has 4 rings (SSSR count). The number of aromatic nitrogens is 1. The van der Waals surface area contributed by atoms with E-state index in [0.29, 0.717) is 6.42 Å². The van der Waals surface area contributed by atoms with Gasteiger partial charge in [-0.3, -0.25) is 4.79 Å². The number of hydrogen-bond acceptors (Lipinski definition) is 5. The maximum atomic E-state index is 14.5. The summed E-state index contributed by atoms with van der Waals surface area (Å²) in [5.41, 5.74) is -0.203. The lowest BCUT2D eigenvalue weighted by molar-refractivity contribution is -0.108. The van der Waals surface area contributed by atoms with E-state index in [0.717, 1.165) is 31.4 Å². The van der Waals surface area contributed by atoms with Gasteiger partial charge in [0.25, 0.3) is 5.91 Å². The van der Waals surface area contributed by atoms with Crippen molar-refractivity contribution in [3.63, 3.8) is 0 Å². The Morgan fingerprint density at radius 2 is 2.13 bits per heavy atom. The summed E-state index contributed by atoms with van der Waals surface area (Å²) < 4.78 is 28.9. The van der Waals surface area contributed by atoms with Crippen molar-refractivity contribution in [1.29, 1.82) is 0 Å². The highest BCUT2D eigenvalue weighted by Gasteiger charge is 2.49. The molecular formula is C22H26F2N4O2. The molecule has 160 valence electrons. The number of carbonyl (C=O) groups excluding carboxylic acids is 1. The van der Waals surface area contributed by atoms with E-state index in [-0.39, 0.29) is 36.1 Å². The van der Waals surface area contributed by atoms with Crippen molar-refractivity contribution < 1.29 is 18.7 Å². The van der Waals surface area contributed by atoms with Crippen molar-refractivity contribution in [3.05, 3.63) is 53.4 Å². The number of nitrogens with one attached hydrogen (secondary N) is 2. The SMILES string of the molecule is CCc1ccc(Nc2c(C(=O)N3CC(O)(C4CCCCN4)C3)ccnc2F)c(F)c1. The zero-order valence-corrected chi connectivity index (χ0v) is 16.9. The summed E-state index contributed by atoms with van der Waals surface area (Å²) in [6.07, 6.45) is 4.87. The second kappa shape index (κ2) is 8.28. The van der Waals surface area contributed by atoms with Gasteiger partial charge in [0.15, 0.2) is 0 Å². The van der Waals surface area contributed by atoms with Gasteiger partial charge in [-0.25, -0.2) is 9.37 Å². The van der Waals surface area contributed by atoms with E-state index < -0.39 is 23.3 Å². The molecular weight excluding hydrogens is 390 g/mol. The Morgan fingerprint density at radius 1 is 1.33 bits per heavy atom. The zero-order valence-electron chi connectivity index (χ0n) is 16.9. The summed E-state index contributed by atoms with van der Waals surface area (Å²) >= 11 is 0. The lowest BCUT2D eigenvalue weighted by Crippen LogP contribution is -2.72. The number of aliphatic hydroxyl groups is 1. The number of halogens is 2. The van der Waals surface area contributed by atoms with Gasteiger partial charge < -0.3 is 20.6 Å². The summed E-state index contributed by atoms with van der Waals surface area (Å²) in [5, 5.41) is 16.8. The molecule has 0 aliphatic carbocycles. The predicted octanol–water partition coefficient (Wildman–Crippen LogP) is 2.99. The molecule has 2 aliphatic heterocycles. The highest BCUT2D eigenvalue weighted by atomic mass is 19.1. The number of carbonyl (C=O) groups is 1. The van der Waals surface area contributed by atoms with Gasteiger partial charge in [0, 0.05) is 12.2 Å². The van der Waals surface area contributed by atoms with Crippen molar-refractivity contribution in [2.45, 2.75) is 44.2 Å². The number of amides is 1. The zero-order chi connectivity index (χ0) is 21.3. The van der Waals surface area contributed by atoms with E-state index in [1.54, 1.807) is 6.07 Å². The molecule has 1 aromatic carbocycles. The quantitative estimate of drug-likeness (QED) is 0.654. The largest absolute Gasteiger partial charge is 0.385 e. The van der Waals surface area contributed by atoms with E-state index in [4.69, 9.17) is 0 Å². The van der Waals surface area contributed by atoms with Crippen LogP contribution in [-0.2, 0) is 6.42 Å². The molecule has 0 radical (unpaired) electrons. The molecule has 3 heterocycles. The van der Waals surface area contributed by atoms with Crippen LogP contribution in [0.4, 0.5) is 20.2 Å². The average molecular weight is 416 g/mol. The van der Waals surface area contributed by atoms with Crippen LogP contribution in [0, 0.1) is 11.8 Å². The number of nitrogens with zero attached hydrogens (tertiary/aromatic N) is 2. The van der Waals surface area contributed by atoms with Crippen LogP contribution in [0.5, 0.6) is 0 Å². The summed E-state index contributed by atoms with van der Waals surface area (Å²) in [7, 11) is 0. The Bertz CT molecular complexity index is 941. The highest BCUT2D eigenvalue weighted by Crippen LogP contribution is 2.33. The molecule has 1 amide bonds. The third-order valence-electron chi connectivity index (χ3n) is 6.01. The van der Waals surface area contributed by atoms with Gasteiger partial charge in [-0.1, -0.05) is 19.4 Å². The van der Waals surface area contributed by atoms with Gasteiger partial charge >= 0.3 is 0 Å². The average Bonchev–Trinajstić information content (AvgIpc) is 2.74. The smallest absolute Gasteiger partial charge is 0.256 e. The minimum atomic E-state index is -0.975. The highest BCUT2D eigenvalue weighted by molar-refractivity contribution is 6.00. The van der Waals surface area contributed by atoms with Crippen molar-refractivity contribution >= 4 is 17.3 Å². The van der Waals surface area contributed by atoms with Crippen LogP contribution in [0.25, 0.3) is 0 Å². The molecule has 8 heteroatoms. The van der Waals surface area contributed by atoms with Crippen LogP contribution in [0.3, 0.4) is 0 Å². The number of pyridine rings is 1. The van der Waals surface area contributed by atoms with Crippen molar-refractivity contribution in [1.82, 2.24) is 15.2 Å². The fourth-order valence-electron chi connectivity index (χ4n) is 4.21. The Hall–Kier alpha value is -2.58. The van der Waals surface area contributed by atoms with Gasteiger partial charge in [-0.15, -0.1) is 0 Å². The van der Waals surface area contributed by atoms with Crippen LogP contribution in [-0.4, -0.2) is 52.2 Å². The molecule has 3 N–H and O–H groups in total. The topological polar surface area (TPSA) is 77.5 Å². The first-order valence-electron chi connectivity index (χ1n) is 10.4. The van der Waals surface area contributed by atoms with E-state index in [9.17, 15) is 18.7 Å². The number of hydrogen-bond donors (Lipinski definition) is 3. The molecule has 30 heavy (non-hydrogen) atoms. The van der Waals surface area contributed by atoms with Gasteiger partial charge in [0.05, 0.1) is 24.3 Å². The van der Waals surface area contributed by atoms with Gasteiger partial charge in [0.2, 0.25) is 5.95 Å². The third-order valence-corrected chi connectivity index (χ3v) is 6.01. The first kappa shape index (κ1) is 20.7. The minimum absolute atomic E-state index is 0.0479. The van der Waals surface area contributed by atoms with Crippen LogP contribution >= 0.6 is 0 Å². The lowest BCUT2D eigenvalue weighted by atomic mass is 9.81. The number of benzene rings is 1. The second-order valence-corrected chi connectivity index (χ2v) is 8.08. The number of anilines is 2. The predicted molar refractivity (Wildman–Crippen MR) is 110 cm³/mol. The summed E-state index contributed by atoms with van der Waals surface area (Å²) in [6, 6.07) is 6.00. The number of aryl methyl sites for hydroxylation is 1. The molecule has 0 spiro atoms. The van der Waals surface area contributed by atoms with Crippen LogP contribution < -0.4 is 10.6 Å². The van der Waals surface area contributed by atoms with Crippen LogP contribution in [0.1, 0.15) is 42.1 Å². The molecule has 1 aromatic heterocycles. The molecule has 2 fully saturated rings. The second-order valence-electron chi connectivity index (χ2n) is 8.08. The standard InChI is InChI=1S/C22H26F2N4O2/c1-2-14-6-7-17(16(23)11-14)27-19-15(8-10-26-20(19)24)21(29)28-12-22(30,13-28)18-5-3-4-9-25-18/h6-8,10-11,18,25,27,30H,2-5,9,12-13H2,1H3. The Balaban J connectivity index is 1.52. The van der Waals surface area contributed by atoms with E-state index >= 15 is 0 Å². The molecule has 0 bridgehead atoms. The Morgan fingerprint density at radius 3 is 2.80 bits per heavy atom. The maximum Gasteiger partial charge on any atom is 0.256 e. The number of likely N-dealkylation sites (tertiary alicyclic amines) is 1. The van der Waals surface area contributed by atoms with E-state index in [1.807, 2.05) is 6.92 Å². The minimum Gasteiger partial charge on any atom is -0.385 e.